The number of anilines is 1. The molecule has 0 saturated carbocycles. The van der Waals surface area contributed by atoms with E-state index in [9.17, 15) is 0 Å². The average Bonchev–Trinajstić information content (AvgIpc) is 2.35. The number of benzene rings is 1. The minimum atomic E-state index is 0.446. The maximum absolute atomic E-state index is 6.29. The van der Waals surface area contributed by atoms with Crippen molar-refractivity contribution in [3.05, 3.63) is 28.8 Å². The van der Waals surface area contributed by atoms with Crippen molar-refractivity contribution in [2.75, 3.05) is 32.2 Å². The zero-order valence-corrected chi connectivity index (χ0v) is 12.4. The Balaban J connectivity index is 2.80. The van der Waals surface area contributed by atoms with Crippen molar-refractivity contribution in [1.82, 2.24) is 5.32 Å². The quantitative estimate of drug-likeness (QED) is 0.771. The van der Waals surface area contributed by atoms with Crippen LogP contribution < -0.4 is 10.2 Å². The Bertz CT molecular complexity index is 369. The predicted molar refractivity (Wildman–Crippen MR) is 78.6 cm³/mol. The van der Waals surface area contributed by atoms with E-state index in [0.717, 1.165) is 23.7 Å². The molecular formula is C14H23ClN2O. The summed E-state index contributed by atoms with van der Waals surface area (Å²) >= 11 is 6.29. The summed E-state index contributed by atoms with van der Waals surface area (Å²) in [5.74, 6) is 0. The lowest BCUT2D eigenvalue weighted by Gasteiger charge is -2.27. The normalized spacial score (nSPS) is 11.0. The van der Waals surface area contributed by atoms with Gasteiger partial charge in [-0.25, -0.2) is 0 Å². The van der Waals surface area contributed by atoms with Gasteiger partial charge in [0.15, 0.2) is 0 Å². The third-order valence-electron chi connectivity index (χ3n) is 3.03. The van der Waals surface area contributed by atoms with Crippen molar-refractivity contribution in [1.29, 1.82) is 0 Å². The Hall–Kier alpha value is -0.770. The topological polar surface area (TPSA) is 24.5 Å². The van der Waals surface area contributed by atoms with Crippen LogP contribution in [-0.2, 0) is 11.3 Å². The van der Waals surface area contributed by atoms with Crippen molar-refractivity contribution >= 4 is 17.3 Å². The van der Waals surface area contributed by atoms with E-state index < -0.39 is 0 Å². The van der Waals surface area contributed by atoms with Gasteiger partial charge in [0.05, 0.1) is 6.61 Å². The fourth-order valence-electron chi connectivity index (χ4n) is 1.72. The summed E-state index contributed by atoms with van der Waals surface area (Å²) in [7, 11) is 3.80. The van der Waals surface area contributed by atoms with Gasteiger partial charge in [-0.2, -0.15) is 0 Å². The van der Waals surface area contributed by atoms with Gasteiger partial charge in [-0.3, -0.25) is 0 Å². The second-order valence-electron chi connectivity index (χ2n) is 4.61. The van der Waals surface area contributed by atoms with E-state index in [1.807, 2.05) is 12.1 Å². The SMILES string of the molecule is COCCNCc1c(Cl)cccc1N(C)C(C)C. The summed E-state index contributed by atoms with van der Waals surface area (Å²) in [5, 5.41) is 4.15. The summed E-state index contributed by atoms with van der Waals surface area (Å²) < 4.78 is 5.02. The minimum Gasteiger partial charge on any atom is -0.383 e. The van der Waals surface area contributed by atoms with Crippen LogP contribution in [0, 0.1) is 0 Å². The number of ether oxygens (including phenoxy) is 1. The summed E-state index contributed by atoms with van der Waals surface area (Å²) in [6.07, 6.45) is 0. The van der Waals surface area contributed by atoms with Crippen molar-refractivity contribution < 1.29 is 4.74 Å². The van der Waals surface area contributed by atoms with Crippen LogP contribution >= 0.6 is 11.6 Å². The first-order valence-corrected chi connectivity index (χ1v) is 6.65. The van der Waals surface area contributed by atoms with Gasteiger partial charge in [0.2, 0.25) is 0 Å². The van der Waals surface area contributed by atoms with Gasteiger partial charge in [0.25, 0.3) is 0 Å². The maximum Gasteiger partial charge on any atom is 0.0587 e. The number of hydrogen-bond acceptors (Lipinski definition) is 3. The first-order chi connectivity index (χ1) is 8.57. The Kier molecular flexibility index (Phi) is 6.47. The van der Waals surface area contributed by atoms with Crippen molar-refractivity contribution in [2.45, 2.75) is 26.4 Å². The van der Waals surface area contributed by atoms with E-state index in [4.69, 9.17) is 16.3 Å². The Morgan fingerprint density at radius 1 is 1.39 bits per heavy atom. The third-order valence-corrected chi connectivity index (χ3v) is 3.39. The molecule has 1 N–H and O–H groups in total. The summed E-state index contributed by atoms with van der Waals surface area (Å²) in [6, 6.07) is 6.49. The van der Waals surface area contributed by atoms with Crippen LogP contribution in [0.15, 0.2) is 18.2 Å². The number of halogens is 1. The van der Waals surface area contributed by atoms with E-state index in [1.165, 1.54) is 5.69 Å². The summed E-state index contributed by atoms with van der Waals surface area (Å²) in [4.78, 5) is 2.24. The van der Waals surface area contributed by atoms with Gasteiger partial charge in [0, 0.05) is 49.6 Å². The highest BCUT2D eigenvalue weighted by molar-refractivity contribution is 6.31. The number of nitrogens with one attached hydrogen (secondary N) is 1. The number of hydrogen-bond donors (Lipinski definition) is 1. The summed E-state index contributed by atoms with van der Waals surface area (Å²) in [5.41, 5.74) is 2.33. The summed E-state index contributed by atoms with van der Waals surface area (Å²) in [6.45, 7) is 6.63. The Morgan fingerprint density at radius 2 is 2.11 bits per heavy atom. The molecule has 18 heavy (non-hydrogen) atoms. The lowest BCUT2D eigenvalue weighted by Crippen LogP contribution is -2.28. The van der Waals surface area contributed by atoms with Crippen molar-refractivity contribution in [3.8, 4) is 0 Å². The number of methoxy groups -OCH3 is 1. The van der Waals surface area contributed by atoms with E-state index in [-0.39, 0.29) is 0 Å². The molecule has 0 spiro atoms. The zero-order valence-electron chi connectivity index (χ0n) is 11.7. The Labute approximate surface area is 115 Å². The predicted octanol–water partition coefficient (Wildman–Crippen LogP) is 2.92. The van der Waals surface area contributed by atoms with Crippen LogP contribution in [0.2, 0.25) is 5.02 Å². The van der Waals surface area contributed by atoms with Gasteiger partial charge in [-0.05, 0) is 26.0 Å². The van der Waals surface area contributed by atoms with E-state index in [1.54, 1.807) is 7.11 Å². The smallest absolute Gasteiger partial charge is 0.0587 e. The fraction of sp³-hybridized carbons (Fsp3) is 0.571. The van der Waals surface area contributed by atoms with Gasteiger partial charge >= 0.3 is 0 Å². The molecule has 0 heterocycles. The van der Waals surface area contributed by atoms with E-state index >= 15 is 0 Å². The molecule has 0 aromatic heterocycles. The third kappa shape index (κ3) is 4.16. The molecule has 0 saturated heterocycles. The first kappa shape index (κ1) is 15.3. The van der Waals surface area contributed by atoms with Crippen LogP contribution in [0.1, 0.15) is 19.4 Å². The molecule has 0 amide bonds. The highest BCUT2D eigenvalue weighted by Gasteiger charge is 2.12. The van der Waals surface area contributed by atoms with Gasteiger partial charge in [0.1, 0.15) is 0 Å². The lowest BCUT2D eigenvalue weighted by molar-refractivity contribution is 0.199. The lowest BCUT2D eigenvalue weighted by atomic mass is 10.1. The average molecular weight is 271 g/mol. The molecule has 0 fully saturated rings. The van der Waals surface area contributed by atoms with Crippen molar-refractivity contribution in [3.63, 3.8) is 0 Å². The highest BCUT2D eigenvalue weighted by Crippen LogP contribution is 2.27. The molecule has 0 aliphatic heterocycles. The maximum atomic E-state index is 6.29. The molecule has 0 unspecified atom stereocenters. The van der Waals surface area contributed by atoms with Crippen LogP contribution in [0.5, 0.6) is 0 Å². The molecule has 0 bridgehead atoms. The molecule has 1 aromatic carbocycles. The molecule has 1 rings (SSSR count). The van der Waals surface area contributed by atoms with Crippen molar-refractivity contribution in [2.24, 2.45) is 0 Å². The largest absolute Gasteiger partial charge is 0.383 e. The molecule has 0 aliphatic carbocycles. The molecule has 102 valence electrons. The van der Waals surface area contributed by atoms with E-state index in [0.29, 0.717) is 12.6 Å². The highest BCUT2D eigenvalue weighted by atomic mass is 35.5. The second-order valence-corrected chi connectivity index (χ2v) is 5.02. The van der Waals surface area contributed by atoms with Crippen LogP contribution in [0.4, 0.5) is 5.69 Å². The number of nitrogens with zero attached hydrogens (tertiary/aromatic N) is 1. The zero-order chi connectivity index (χ0) is 13.5. The first-order valence-electron chi connectivity index (χ1n) is 6.27. The fourth-order valence-corrected chi connectivity index (χ4v) is 1.95. The second kappa shape index (κ2) is 7.62. The van der Waals surface area contributed by atoms with Crippen LogP contribution in [0.3, 0.4) is 0 Å². The molecule has 0 aliphatic rings. The standard InChI is InChI=1S/C14H23ClN2O/c1-11(2)17(3)14-7-5-6-13(15)12(14)10-16-8-9-18-4/h5-7,11,16H,8-10H2,1-4H3. The minimum absolute atomic E-state index is 0.446. The molecule has 3 nitrogen and oxygen atoms in total. The van der Waals surface area contributed by atoms with Gasteiger partial charge in [-0.1, -0.05) is 17.7 Å². The van der Waals surface area contributed by atoms with Gasteiger partial charge < -0.3 is 15.0 Å². The molecule has 1 aromatic rings. The van der Waals surface area contributed by atoms with Crippen LogP contribution in [0.25, 0.3) is 0 Å². The molecular weight excluding hydrogens is 248 g/mol. The Morgan fingerprint density at radius 3 is 2.72 bits per heavy atom. The monoisotopic (exact) mass is 270 g/mol. The van der Waals surface area contributed by atoms with E-state index in [2.05, 4.69) is 37.2 Å². The van der Waals surface area contributed by atoms with Gasteiger partial charge in [-0.15, -0.1) is 0 Å². The molecule has 0 radical (unpaired) electrons. The molecule has 4 heteroatoms. The van der Waals surface area contributed by atoms with Crippen LogP contribution in [-0.4, -0.2) is 33.4 Å². The molecule has 0 atom stereocenters. The number of rotatable bonds is 7.